The van der Waals surface area contributed by atoms with Gasteiger partial charge in [0.1, 0.15) is 5.82 Å². The summed E-state index contributed by atoms with van der Waals surface area (Å²) in [4.78, 5) is 5.80. The second-order valence-electron chi connectivity index (χ2n) is 5.96. The van der Waals surface area contributed by atoms with Crippen LogP contribution in [0.4, 0.5) is 0 Å². The Morgan fingerprint density at radius 2 is 2.38 bits per heavy atom. The van der Waals surface area contributed by atoms with E-state index >= 15 is 0 Å². The zero-order chi connectivity index (χ0) is 14.5. The summed E-state index contributed by atoms with van der Waals surface area (Å²) in [5.41, 5.74) is 0. The molecule has 0 saturated heterocycles. The number of imidazole rings is 1. The van der Waals surface area contributed by atoms with Crippen molar-refractivity contribution in [2.75, 3.05) is 6.54 Å². The third-order valence-corrected chi connectivity index (χ3v) is 5.38. The summed E-state index contributed by atoms with van der Waals surface area (Å²) < 4.78 is 2.32. The standard InChI is InChI=1S/C17H25N3S/c1-2-9-18-15-6-3-5-14(15)8-11-20-12-10-19-17(20)16-7-4-13-21-16/h4,7,10,12-15,18H,2-3,5-6,8-9,11H2,1H3. The summed E-state index contributed by atoms with van der Waals surface area (Å²) in [5, 5.41) is 5.85. The first-order valence-electron chi connectivity index (χ1n) is 8.17. The molecule has 1 aliphatic carbocycles. The Morgan fingerprint density at radius 1 is 1.43 bits per heavy atom. The molecule has 1 N–H and O–H groups in total. The molecule has 21 heavy (non-hydrogen) atoms. The van der Waals surface area contributed by atoms with Gasteiger partial charge in [0.05, 0.1) is 4.88 Å². The Hall–Kier alpha value is -1.13. The molecule has 0 aliphatic heterocycles. The van der Waals surface area contributed by atoms with Crippen molar-refractivity contribution in [3.8, 4) is 10.7 Å². The van der Waals surface area contributed by atoms with Crippen molar-refractivity contribution in [2.24, 2.45) is 5.92 Å². The molecule has 1 fully saturated rings. The zero-order valence-corrected chi connectivity index (χ0v) is 13.6. The summed E-state index contributed by atoms with van der Waals surface area (Å²) in [6, 6.07) is 4.99. The second-order valence-corrected chi connectivity index (χ2v) is 6.91. The van der Waals surface area contributed by atoms with E-state index in [4.69, 9.17) is 0 Å². The average molecular weight is 303 g/mol. The normalized spacial score (nSPS) is 22.0. The number of rotatable bonds is 7. The highest BCUT2D eigenvalue weighted by Gasteiger charge is 2.26. The van der Waals surface area contributed by atoms with Crippen molar-refractivity contribution in [1.82, 2.24) is 14.9 Å². The van der Waals surface area contributed by atoms with Gasteiger partial charge < -0.3 is 9.88 Å². The van der Waals surface area contributed by atoms with Gasteiger partial charge in [-0.2, -0.15) is 0 Å². The van der Waals surface area contributed by atoms with Crippen molar-refractivity contribution < 1.29 is 0 Å². The minimum Gasteiger partial charge on any atom is -0.330 e. The number of nitrogens with one attached hydrogen (secondary N) is 1. The van der Waals surface area contributed by atoms with E-state index in [1.165, 1.54) is 37.0 Å². The summed E-state index contributed by atoms with van der Waals surface area (Å²) in [6.45, 7) is 4.49. The summed E-state index contributed by atoms with van der Waals surface area (Å²) in [6.07, 6.45) is 10.7. The van der Waals surface area contributed by atoms with Gasteiger partial charge in [-0.1, -0.05) is 19.4 Å². The fraction of sp³-hybridized carbons (Fsp3) is 0.588. The van der Waals surface area contributed by atoms with Gasteiger partial charge in [-0.15, -0.1) is 11.3 Å². The van der Waals surface area contributed by atoms with E-state index in [1.807, 2.05) is 6.20 Å². The molecule has 0 radical (unpaired) electrons. The molecular formula is C17H25N3S. The van der Waals surface area contributed by atoms with Crippen LogP contribution in [0.25, 0.3) is 10.7 Å². The van der Waals surface area contributed by atoms with Crippen LogP contribution in [0.2, 0.25) is 0 Å². The van der Waals surface area contributed by atoms with Crippen molar-refractivity contribution in [2.45, 2.75) is 51.6 Å². The van der Waals surface area contributed by atoms with Gasteiger partial charge in [-0.25, -0.2) is 4.98 Å². The molecule has 2 atom stereocenters. The second kappa shape index (κ2) is 7.23. The third-order valence-electron chi connectivity index (χ3n) is 4.51. The molecule has 0 bridgehead atoms. The van der Waals surface area contributed by atoms with Gasteiger partial charge in [-0.3, -0.25) is 0 Å². The zero-order valence-electron chi connectivity index (χ0n) is 12.8. The number of hydrogen-bond acceptors (Lipinski definition) is 3. The molecule has 2 unspecified atom stereocenters. The van der Waals surface area contributed by atoms with Crippen LogP contribution < -0.4 is 5.32 Å². The predicted molar refractivity (Wildman–Crippen MR) is 89.6 cm³/mol. The van der Waals surface area contributed by atoms with Crippen LogP contribution in [-0.2, 0) is 6.54 Å². The molecule has 1 aliphatic rings. The monoisotopic (exact) mass is 303 g/mol. The molecule has 2 aromatic heterocycles. The lowest BCUT2D eigenvalue weighted by Gasteiger charge is -2.21. The lowest BCUT2D eigenvalue weighted by Crippen LogP contribution is -2.33. The van der Waals surface area contributed by atoms with Crippen molar-refractivity contribution >= 4 is 11.3 Å². The lowest BCUT2D eigenvalue weighted by atomic mass is 9.99. The van der Waals surface area contributed by atoms with Crippen LogP contribution in [0.1, 0.15) is 39.0 Å². The van der Waals surface area contributed by atoms with E-state index in [1.54, 1.807) is 11.3 Å². The van der Waals surface area contributed by atoms with Crippen LogP contribution in [0.15, 0.2) is 29.9 Å². The molecule has 114 valence electrons. The topological polar surface area (TPSA) is 29.9 Å². The summed E-state index contributed by atoms with van der Waals surface area (Å²) >= 11 is 1.77. The Labute approximate surface area is 131 Å². The molecule has 0 spiro atoms. The number of aryl methyl sites for hydroxylation is 1. The highest BCUT2D eigenvalue weighted by atomic mass is 32.1. The highest BCUT2D eigenvalue weighted by molar-refractivity contribution is 7.13. The number of hydrogen-bond donors (Lipinski definition) is 1. The molecule has 1 saturated carbocycles. The van der Waals surface area contributed by atoms with E-state index in [2.05, 4.69) is 45.5 Å². The molecular weight excluding hydrogens is 278 g/mol. The molecule has 0 aromatic carbocycles. The minimum atomic E-state index is 0.735. The molecule has 3 rings (SSSR count). The third kappa shape index (κ3) is 3.55. The van der Waals surface area contributed by atoms with Crippen molar-refractivity contribution in [1.29, 1.82) is 0 Å². The number of aromatic nitrogens is 2. The largest absolute Gasteiger partial charge is 0.330 e. The van der Waals surface area contributed by atoms with Crippen molar-refractivity contribution in [3.63, 3.8) is 0 Å². The lowest BCUT2D eigenvalue weighted by molar-refractivity contribution is 0.362. The van der Waals surface area contributed by atoms with Gasteiger partial charge in [0.2, 0.25) is 0 Å². The molecule has 4 heteroatoms. The quantitative estimate of drug-likeness (QED) is 0.832. The minimum absolute atomic E-state index is 0.735. The summed E-state index contributed by atoms with van der Waals surface area (Å²) in [5.74, 6) is 1.95. The SMILES string of the molecule is CCCNC1CCCC1CCn1ccnc1-c1cccs1. The average Bonchev–Trinajstić information content (AvgIpc) is 3.22. The van der Waals surface area contributed by atoms with Crippen LogP contribution in [0.3, 0.4) is 0 Å². The van der Waals surface area contributed by atoms with E-state index < -0.39 is 0 Å². The molecule has 2 aromatic rings. The first-order chi connectivity index (χ1) is 10.4. The maximum atomic E-state index is 4.53. The number of nitrogens with zero attached hydrogens (tertiary/aromatic N) is 2. The predicted octanol–water partition coefficient (Wildman–Crippen LogP) is 4.17. The fourth-order valence-corrected chi connectivity index (χ4v) is 4.14. The van der Waals surface area contributed by atoms with E-state index in [0.29, 0.717) is 0 Å². The molecule has 3 nitrogen and oxygen atoms in total. The van der Waals surface area contributed by atoms with E-state index in [0.717, 1.165) is 30.9 Å². The van der Waals surface area contributed by atoms with Crippen LogP contribution in [0.5, 0.6) is 0 Å². The smallest absolute Gasteiger partial charge is 0.149 e. The van der Waals surface area contributed by atoms with Crippen molar-refractivity contribution in [3.05, 3.63) is 29.9 Å². The maximum Gasteiger partial charge on any atom is 0.149 e. The first kappa shape index (κ1) is 14.8. The van der Waals surface area contributed by atoms with Gasteiger partial charge in [0.25, 0.3) is 0 Å². The van der Waals surface area contributed by atoms with Crippen LogP contribution in [0, 0.1) is 5.92 Å². The Kier molecular flexibility index (Phi) is 5.09. The Balaban J connectivity index is 1.59. The van der Waals surface area contributed by atoms with Gasteiger partial charge in [0, 0.05) is 25.0 Å². The number of thiophene rings is 1. The van der Waals surface area contributed by atoms with Gasteiger partial charge >= 0.3 is 0 Å². The summed E-state index contributed by atoms with van der Waals surface area (Å²) in [7, 11) is 0. The Morgan fingerprint density at radius 3 is 3.19 bits per heavy atom. The van der Waals surface area contributed by atoms with Gasteiger partial charge in [0.15, 0.2) is 0 Å². The molecule has 0 amide bonds. The Bertz CT molecular complexity index is 532. The fourth-order valence-electron chi connectivity index (χ4n) is 3.41. The van der Waals surface area contributed by atoms with Crippen LogP contribution in [-0.4, -0.2) is 22.1 Å². The highest BCUT2D eigenvalue weighted by Crippen LogP contribution is 2.30. The van der Waals surface area contributed by atoms with Crippen LogP contribution >= 0.6 is 11.3 Å². The first-order valence-corrected chi connectivity index (χ1v) is 9.05. The van der Waals surface area contributed by atoms with E-state index in [-0.39, 0.29) is 0 Å². The molecule has 2 heterocycles. The maximum absolute atomic E-state index is 4.53. The van der Waals surface area contributed by atoms with Gasteiger partial charge in [-0.05, 0) is 49.6 Å². The van der Waals surface area contributed by atoms with E-state index in [9.17, 15) is 0 Å².